The van der Waals surface area contributed by atoms with Crippen molar-refractivity contribution in [3.05, 3.63) is 34.7 Å². The summed E-state index contributed by atoms with van der Waals surface area (Å²) >= 11 is 1.73. The highest BCUT2D eigenvalue weighted by Gasteiger charge is 2.48. The molecule has 2 fully saturated rings. The third-order valence-corrected chi connectivity index (χ3v) is 5.67. The number of hydrogen-bond donors (Lipinski definition) is 1. The monoisotopic (exact) mass is 446 g/mol. The van der Waals surface area contributed by atoms with Crippen LogP contribution in [-0.4, -0.2) is 68.5 Å². The van der Waals surface area contributed by atoms with Gasteiger partial charge in [0.25, 0.3) is 0 Å². The number of carboxylic acid groups (broad SMARTS) is 1. The number of likely N-dealkylation sites (tertiary alicyclic amines) is 1. The van der Waals surface area contributed by atoms with Gasteiger partial charge in [0.05, 0.1) is 29.6 Å². The summed E-state index contributed by atoms with van der Waals surface area (Å²) in [6.07, 6.45) is 1.89. The van der Waals surface area contributed by atoms with E-state index in [2.05, 4.69) is 26.8 Å². The van der Waals surface area contributed by atoms with Gasteiger partial charge in [-0.25, -0.2) is 14.8 Å². The highest BCUT2D eigenvalue weighted by atomic mass is 32.1. The molecule has 1 N–H and O–H groups in total. The third kappa shape index (κ3) is 5.86. The van der Waals surface area contributed by atoms with Gasteiger partial charge in [-0.2, -0.15) is 13.2 Å². The number of carbonyl (C=O) groups is 1. The molecular weight excluding hydrogens is 425 g/mol. The Bertz CT molecular complexity index is 843. The van der Waals surface area contributed by atoms with Gasteiger partial charge in [0.1, 0.15) is 6.10 Å². The Balaban J connectivity index is 0.000000318. The van der Waals surface area contributed by atoms with Crippen LogP contribution >= 0.6 is 11.3 Å². The van der Waals surface area contributed by atoms with E-state index in [1.54, 1.807) is 29.9 Å². The number of carboxylic acids is 1. The molecule has 2 saturated heterocycles. The molecule has 0 aliphatic carbocycles. The summed E-state index contributed by atoms with van der Waals surface area (Å²) in [6.45, 7) is 5.72. The normalized spacial score (nSPS) is 20.7. The lowest BCUT2D eigenvalue weighted by Gasteiger charge is -2.53. The first kappa shape index (κ1) is 22.4. The van der Waals surface area contributed by atoms with Crippen molar-refractivity contribution in [2.45, 2.75) is 44.2 Å². The van der Waals surface area contributed by atoms with Crippen LogP contribution in [0.25, 0.3) is 0 Å². The standard InChI is InChI=1S/C16H20N4O2S.C2HF3O2/c1-12-14(23-11-19-12)8-20-9-16(10-20)6-13(2-5-21-16)22-15-7-17-3-4-18-15;3-2(4,5)1(6)7/h3-4,7,11,13H,2,5-6,8-10H2,1H3;(H,6,7). The number of hydrogen-bond acceptors (Lipinski definition) is 8. The van der Waals surface area contributed by atoms with Crippen LogP contribution in [0.1, 0.15) is 23.4 Å². The Kier molecular flexibility index (Phi) is 6.88. The molecule has 12 heteroatoms. The highest BCUT2D eigenvalue weighted by Crippen LogP contribution is 2.36. The molecule has 4 rings (SSSR count). The molecule has 8 nitrogen and oxygen atoms in total. The number of alkyl halides is 3. The lowest BCUT2D eigenvalue weighted by molar-refractivity contribution is -0.192. The minimum absolute atomic E-state index is 0.0519. The fourth-order valence-corrected chi connectivity index (χ4v) is 4.20. The third-order valence-electron chi connectivity index (χ3n) is 4.75. The average Bonchev–Trinajstić information content (AvgIpc) is 3.06. The van der Waals surface area contributed by atoms with Crippen molar-refractivity contribution in [3.8, 4) is 5.88 Å². The van der Waals surface area contributed by atoms with Gasteiger partial charge < -0.3 is 14.6 Å². The Morgan fingerprint density at radius 1 is 1.40 bits per heavy atom. The van der Waals surface area contributed by atoms with Crippen LogP contribution in [-0.2, 0) is 16.1 Å². The van der Waals surface area contributed by atoms with Crippen molar-refractivity contribution in [2.75, 3.05) is 19.7 Å². The average molecular weight is 446 g/mol. The molecule has 2 aromatic heterocycles. The number of halogens is 3. The molecule has 0 saturated carbocycles. The molecule has 0 radical (unpaired) electrons. The fourth-order valence-electron chi connectivity index (χ4n) is 3.38. The molecule has 1 atom stereocenters. The summed E-state index contributed by atoms with van der Waals surface area (Å²) in [5, 5.41) is 7.12. The van der Waals surface area contributed by atoms with E-state index in [0.29, 0.717) is 5.88 Å². The minimum atomic E-state index is -5.08. The van der Waals surface area contributed by atoms with Crippen molar-refractivity contribution in [3.63, 3.8) is 0 Å². The number of ether oxygens (including phenoxy) is 2. The molecule has 0 bridgehead atoms. The molecule has 164 valence electrons. The summed E-state index contributed by atoms with van der Waals surface area (Å²) in [5.41, 5.74) is 3.01. The molecular formula is C18H21F3N4O4S. The molecule has 1 spiro atoms. The van der Waals surface area contributed by atoms with Crippen molar-refractivity contribution < 1.29 is 32.5 Å². The Hall–Kier alpha value is -2.31. The minimum Gasteiger partial charge on any atom is -0.475 e. The van der Waals surface area contributed by atoms with E-state index in [9.17, 15) is 13.2 Å². The second-order valence-electron chi connectivity index (χ2n) is 7.12. The number of aliphatic carboxylic acids is 1. The summed E-state index contributed by atoms with van der Waals surface area (Å²) in [6, 6.07) is 0. The van der Waals surface area contributed by atoms with Gasteiger partial charge in [-0.05, 0) is 6.92 Å². The van der Waals surface area contributed by atoms with Crippen LogP contribution in [0.5, 0.6) is 5.88 Å². The smallest absolute Gasteiger partial charge is 0.475 e. The lowest BCUT2D eigenvalue weighted by atomic mass is 9.84. The maximum atomic E-state index is 10.6. The maximum Gasteiger partial charge on any atom is 0.490 e. The summed E-state index contributed by atoms with van der Waals surface area (Å²) < 4.78 is 43.8. The van der Waals surface area contributed by atoms with E-state index in [0.717, 1.165) is 44.8 Å². The summed E-state index contributed by atoms with van der Waals surface area (Å²) in [7, 11) is 0. The van der Waals surface area contributed by atoms with E-state index in [1.807, 2.05) is 5.51 Å². The molecule has 2 aliphatic heterocycles. The van der Waals surface area contributed by atoms with Crippen molar-refractivity contribution >= 4 is 17.3 Å². The Labute approximate surface area is 174 Å². The molecule has 30 heavy (non-hydrogen) atoms. The first-order valence-electron chi connectivity index (χ1n) is 9.15. The van der Waals surface area contributed by atoms with Crippen molar-refractivity contribution in [1.82, 2.24) is 19.9 Å². The Morgan fingerprint density at radius 2 is 2.13 bits per heavy atom. The van der Waals surface area contributed by atoms with Crippen LogP contribution < -0.4 is 4.74 Å². The predicted octanol–water partition coefficient (Wildman–Crippen LogP) is 2.69. The first-order valence-corrected chi connectivity index (χ1v) is 10.0. The van der Waals surface area contributed by atoms with Gasteiger partial charge in [0, 0.05) is 49.7 Å². The van der Waals surface area contributed by atoms with Crippen LogP contribution in [0.4, 0.5) is 13.2 Å². The van der Waals surface area contributed by atoms with E-state index in [4.69, 9.17) is 19.4 Å². The van der Waals surface area contributed by atoms with E-state index < -0.39 is 12.1 Å². The fraction of sp³-hybridized carbons (Fsp3) is 0.556. The topological polar surface area (TPSA) is 97.7 Å². The van der Waals surface area contributed by atoms with Crippen LogP contribution in [0.3, 0.4) is 0 Å². The van der Waals surface area contributed by atoms with Crippen molar-refractivity contribution in [1.29, 1.82) is 0 Å². The lowest BCUT2D eigenvalue weighted by Crippen LogP contribution is -2.65. The zero-order chi connectivity index (χ0) is 21.8. The van der Waals surface area contributed by atoms with Gasteiger partial charge in [-0.3, -0.25) is 9.88 Å². The number of aryl methyl sites for hydroxylation is 1. The highest BCUT2D eigenvalue weighted by molar-refractivity contribution is 7.09. The molecule has 2 aliphatic rings. The van der Waals surface area contributed by atoms with Crippen molar-refractivity contribution in [2.24, 2.45) is 0 Å². The van der Waals surface area contributed by atoms with Gasteiger partial charge in [0.15, 0.2) is 0 Å². The molecule has 2 aromatic rings. The second-order valence-corrected chi connectivity index (χ2v) is 8.06. The number of thiazole rings is 1. The first-order chi connectivity index (χ1) is 14.2. The van der Waals surface area contributed by atoms with Crippen LogP contribution in [0, 0.1) is 6.92 Å². The van der Waals surface area contributed by atoms with Gasteiger partial charge in [-0.15, -0.1) is 11.3 Å². The molecule has 0 amide bonds. The molecule has 0 aromatic carbocycles. The van der Waals surface area contributed by atoms with E-state index >= 15 is 0 Å². The maximum absolute atomic E-state index is 10.6. The van der Waals surface area contributed by atoms with E-state index in [-0.39, 0.29) is 11.7 Å². The van der Waals surface area contributed by atoms with Crippen LogP contribution in [0.15, 0.2) is 24.1 Å². The van der Waals surface area contributed by atoms with Crippen LogP contribution in [0.2, 0.25) is 0 Å². The quantitative estimate of drug-likeness (QED) is 0.766. The Morgan fingerprint density at radius 3 is 2.70 bits per heavy atom. The van der Waals surface area contributed by atoms with Gasteiger partial charge >= 0.3 is 12.1 Å². The van der Waals surface area contributed by atoms with E-state index in [1.165, 1.54) is 4.88 Å². The predicted molar refractivity (Wildman–Crippen MR) is 100 cm³/mol. The molecule has 1 unspecified atom stereocenters. The van der Waals surface area contributed by atoms with Gasteiger partial charge in [0.2, 0.25) is 5.88 Å². The number of nitrogens with zero attached hydrogens (tertiary/aromatic N) is 4. The number of rotatable bonds is 4. The molecule has 4 heterocycles. The summed E-state index contributed by atoms with van der Waals surface area (Å²) in [4.78, 5) is 25.2. The zero-order valence-corrected chi connectivity index (χ0v) is 16.9. The SMILES string of the molecule is Cc1ncsc1CN1CC2(CC(Oc3cnccn3)CCO2)C1.O=C(O)C(F)(F)F. The largest absolute Gasteiger partial charge is 0.490 e. The zero-order valence-electron chi connectivity index (χ0n) is 16.1. The number of aromatic nitrogens is 3. The second kappa shape index (κ2) is 9.23. The van der Waals surface area contributed by atoms with Gasteiger partial charge in [-0.1, -0.05) is 0 Å². The summed E-state index contributed by atoms with van der Waals surface area (Å²) in [5.74, 6) is -2.15.